The molecule has 0 saturated carbocycles. The molecule has 0 saturated heterocycles. The number of nitrogens with one attached hydrogen (secondary N) is 1. The SMILES string of the molecule is Oc1cc2c(cc1CNc1cccc(Br)c1)OCO2. The molecule has 1 aliphatic heterocycles. The number of anilines is 1. The molecule has 0 bridgehead atoms. The van der Waals surface area contributed by atoms with Gasteiger partial charge in [-0.2, -0.15) is 0 Å². The first-order chi connectivity index (χ1) is 9.22. The van der Waals surface area contributed by atoms with Crippen LogP contribution in [-0.2, 0) is 6.54 Å². The van der Waals surface area contributed by atoms with E-state index in [-0.39, 0.29) is 12.5 Å². The van der Waals surface area contributed by atoms with Crippen molar-refractivity contribution in [3.8, 4) is 17.2 Å². The summed E-state index contributed by atoms with van der Waals surface area (Å²) in [4.78, 5) is 0. The Balaban J connectivity index is 1.77. The van der Waals surface area contributed by atoms with Gasteiger partial charge < -0.3 is 19.9 Å². The van der Waals surface area contributed by atoms with Crippen LogP contribution in [0.2, 0.25) is 0 Å². The molecule has 5 heteroatoms. The van der Waals surface area contributed by atoms with Gasteiger partial charge in [0.25, 0.3) is 0 Å². The molecule has 3 rings (SSSR count). The summed E-state index contributed by atoms with van der Waals surface area (Å²) >= 11 is 3.42. The molecule has 0 spiro atoms. The molecule has 0 fully saturated rings. The van der Waals surface area contributed by atoms with E-state index in [1.54, 1.807) is 12.1 Å². The van der Waals surface area contributed by atoms with Crippen LogP contribution in [0.15, 0.2) is 40.9 Å². The highest BCUT2D eigenvalue weighted by Crippen LogP contribution is 2.37. The third-order valence-electron chi connectivity index (χ3n) is 2.88. The van der Waals surface area contributed by atoms with Crippen molar-refractivity contribution in [2.75, 3.05) is 12.1 Å². The quantitative estimate of drug-likeness (QED) is 0.908. The highest BCUT2D eigenvalue weighted by molar-refractivity contribution is 9.10. The van der Waals surface area contributed by atoms with Crippen molar-refractivity contribution in [3.63, 3.8) is 0 Å². The van der Waals surface area contributed by atoms with Crippen molar-refractivity contribution in [1.82, 2.24) is 0 Å². The minimum atomic E-state index is 0.201. The van der Waals surface area contributed by atoms with E-state index in [4.69, 9.17) is 9.47 Å². The van der Waals surface area contributed by atoms with Crippen molar-refractivity contribution in [2.45, 2.75) is 6.54 Å². The first-order valence-corrected chi connectivity index (χ1v) is 6.62. The number of phenolic OH excluding ortho intramolecular Hbond substituents is 1. The fourth-order valence-electron chi connectivity index (χ4n) is 1.91. The van der Waals surface area contributed by atoms with E-state index in [9.17, 15) is 5.11 Å². The lowest BCUT2D eigenvalue weighted by Gasteiger charge is -2.09. The van der Waals surface area contributed by atoms with Crippen LogP contribution in [0, 0.1) is 0 Å². The highest BCUT2D eigenvalue weighted by Gasteiger charge is 2.16. The maximum Gasteiger partial charge on any atom is 0.231 e. The Hall–Kier alpha value is -1.88. The van der Waals surface area contributed by atoms with E-state index in [1.807, 2.05) is 24.3 Å². The van der Waals surface area contributed by atoms with Crippen molar-refractivity contribution < 1.29 is 14.6 Å². The van der Waals surface area contributed by atoms with Gasteiger partial charge in [0.15, 0.2) is 11.5 Å². The molecular formula is C14H12BrNO3. The number of hydrogen-bond donors (Lipinski definition) is 2. The van der Waals surface area contributed by atoms with Gasteiger partial charge >= 0.3 is 0 Å². The minimum Gasteiger partial charge on any atom is -0.507 e. The number of hydrogen-bond acceptors (Lipinski definition) is 4. The van der Waals surface area contributed by atoms with Crippen molar-refractivity contribution in [1.29, 1.82) is 0 Å². The summed E-state index contributed by atoms with van der Waals surface area (Å²) < 4.78 is 11.5. The lowest BCUT2D eigenvalue weighted by molar-refractivity contribution is 0.174. The second kappa shape index (κ2) is 5.01. The second-order valence-corrected chi connectivity index (χ2v) is 5.11. The maximum absolute atomic E-state index is 9.92. The van der Waals surface area contributed by atoms with Gasteiger partial charge in [-0.25, -0.2) is 0 Å². The van der Waals surface area contributed by atoms with Gasteiger partial charge in [0, 0.05) is 28.3 Å². The summed E-state index contributed by atoms with van der Waals surface area (Å²) in [5.74, 6) is 1.46. The number of ether oxygens (including phenoxy) is 2. The molecule has 1 heterocycles. The second-order valence-electron chi connectivity index (χ2n) is 4.20. The summed E-state index contributed by atoms with van der Waals surface area (Å²) in [6.45, 7) is 0.718. The number of rotatable bonds is 3. The van der Waals surface area contributed by atoms with Crippen LogP contribution >= 0.6 is 15.9 Å². The first kappa shape index (κ1) is 12.2. The zero-order valence-electron chi connectivity index (χ0n) is 10.0. The molecule has 98 valence electrons. The van der Waals surface area contributed by atoms with E-state index in [1.165, 1.54) is 0 Å². The molecule has 4 nitrogen and oxygen atoms in total. The summed E-state index contributed by atoms with van der Waals surface area (Å²) in [5, 5.41) is 13.2. The largest absolute Gasteiger partial charge is 0.507 e. The molecule has 2 aromatic rings. The standard InChI is InChI=1S/C14H12BrNO3/c15-10-2-1-3-11(5-10)16-7-9-4-13-14(6-12(9)17)19-8-18-13/h1-6,16-17H,7-8H2. The van der Waals surface area contributed by atoms with Crippen LogP contribution in [0.5, 0.6) is 17.2 Å². The average Bonchev–Trinajstić information content (AvgIpc) is 2.83. The fourth-order valence-corrected chi connectivity index (χ4v) is 2.31. The van der Waals surface area contributed by atoms with Gasteiger partial charge in [0.2, 0.25) is 6.79 Å². The van der Waals surface area contributed by atoms with Gasteiger partial charge in [0.1, 0.15) is 5.75 Å². The van der Waals surface area contributed by atoms with Crippen molar-refractivity contribution in [3.05, 3.63) is 46.4 Å². The van der Waals surface area contributed by atoms with E-state index >= 15 is 0 Å². The van der Waals surface area contributed by atoms with Gasteiger partial charge in [-0.3, -0.25) is 0 Å². The van der Waals surface area contributed by atoms with E-state index in [2.05, 4.69) is 21.2 Å². The fraction of sp³-hybridized carbons (Fsp3) is 0.143. The predicted octanol–water partition coefficient (Wildman–Crippen LogP) is 3.50. The molecule has 0 unspecified atom stereocenters. The summed E-state index contributed by atoms with van der Waals surface area (Å²) in [5.41, 5.74) is 1.75. The molecular weight excluding hydrogens is 310 g/mol. The van der Waals surface area contributed by atoms with Crippen LogP contribution in [0.3, 0.4) is 0 Å². The van der Waals surface area contributed by atoms with Crippen molar-refractivity contribution in [2.24, 2.45) is 0 Å². The number of fused-ring (bicyclic) bond motifs is 1. The van der Waals surface area contributed by atoms with Crippen LogP contribution in [0.25, 0.3) is 0 Å². The monoisotopic (exact) mass is 321 g/mol. The number of benzene rings is 2. The Kier molecular flexibility index (Phi) is 3.21. The van der Waals surface area contributed by atoms with Crippen LogP contribution in [-0.4, -0.2) is 11.9 Å². The smallest absolute Gasteiger partial charge is 0.231 e. The first-order valence-electron chi connectivity index (χ1n) is 5.83. The summed E-state index contributed by atoms with van der Waals surface area (Å²) in [6.07, 6.45) is 0. The molecule has 19 heavy (non-hydrogen) atoms. The lowest BCUT2D eigenvalue weighted by atomic mass is 10.1. The Morgan fingerprint density at radius 1 is 1.16 bits per heavy atom. The number of halogens is 1. The Labute approximate surface area is 119 Å². The molecule has 1 aliphatic rings. The van der Waals surface area contributed by atoms with Crippen LogP contribution < -0.4 is 14.8 Å². The zero-order valence-corrected chi connectivity index (χ0v) is 11.6. The van der Waals surface area contributed by atoms with E-state index in [0.717, 1.165) is 15.7 Å². The molecule has 0 atom stereocenters. The van der Waals surface area contributed by atoms with E-state index < -0.39 is 0 Å². The average molecular weight is 322 g/mol. The molecule has 0 radical (unpaired) electrons. The molecule has 0 aliphatic carbocycles. The van der Waals surface area contributed by atoms with Gasteiger partial charge in [-0.15, -0.1) is 0 Å². The topological polar surface area (TPSA) is 50.7 Å². The van der Waals surface area contributed by atoms with Crippen LogP contribution in [0.1, 0.15) is 5.56 Å². The van der Waals surface area contributed by atoms with Gasteiger partial charge in [-0.1, -0.05) is 22.0 Å². The Morgan fingerprint density at radius 3 is 2.74 bits per heavy atom. The highest BCUT2D eigenvalue weighted by atomic mass is 79.9. The maximum atomic E-state index is 9.92. The van der Waals surface area contributed by atoms with Crippen molar-refractivity contribution >= 4 is 21.6 Å². The molecule has 2 aromatic carbocycles. The molecule has 0 aromatic heterocycles. The summed E-state index contributed by atoms with van der Waals surface area (Å²) in [6, 6.07) is 11.2. The number of aromatic hydroxyl groups is 1. The van der Waals surface area contributed by atoms with Gasteiger partial charge in [0.05, 0.1) is 0 Å². The minimum absolute atomic E-state index is 0.201. The number of phenols is 1. The zero-order chi connectivity index (χ0) is 13.2. The van der Waals surface area contributed by atoms with Gasteiger partial charge in [-0.05, 0) is 24.3 Å². The third kappa shape index (κ3) is 2.61. The third-order valence-corrected chi connectivity index (χ3v) is 3.37. The Bertz CT molecular complexity index is 616. The molecule has 2 N–H and O–H groups in total. The predicted molar refractivity (Wildman–Crippen MR) is 75.7 cm³/mol. The lowest BCUT2D eigenvalue weighted by Crippen LogP contribution is -1.99. The summed E-state index contributed by atoms with van der Waals surface area (Å²) in [7, 11) is 0. The Morgan fingerprint density at radius 2 is 1.95 bits per heavy atom. The molecule has 0 amide bonds. The van der Waals surface area contributed by atoms with E-state index in [0.29, 0.717) is 18.0 Å². The van der Waals surface area contributed by atoms with Crippen LogP contribution in [0.4, 0.5) is 5.69 Å². The normalized spacial score (nSPS) is 12.5.